The van der Waals surface area contributed by atoms with Gasteiger partial charge in [0.25, 0.3) is 0 Å². The highest BCUT2D eigenvalue weighted by Gasteiger charge is 2.25. The van der Waals surface area contributed by atoms with E-state index in [1.165, 1.54) is 52.2 Å². The molecule has 2 rings (SSSR count). The Morgan fingerprint density at radius 3 is 2.67 bits per heavy atom. The summed E-state index contributed by atoms with van der Waals surface area (Å²) in [7, 11) is 0. The molecule has 0 radical (unpaired) electrons. The molecule has 1 unspecified atom stereocenters. The predicted octanol–water partition coefficient (Wildman–Crippen LogP) is 0.542. The van der Waals surface area contributed by atoms with Crippen LogP contribution in [0.15, 0.2) is 12.7 Å². The maximum Gasteiger partial charge on any atom is 0.0233 e. The van der Waals surface area contributed by atoms with E-state index in [4.69, 9.17) is 0 Å². The molecule has 1 atom stereocenters. The summed E-state index contributed by atoms with van der Waals surface area (Å²) in [5, 5.41) is 3.45. The number of rotatable bonds is 4. The molecule has 86 valence electrons. The zero-order chi connectivity index (χ0) is 10.5. The summed E-state index contributed by atoms with van der Waals surface area (Å²) in [5.74, 6) is 0. The second kappa shape index (κ2) is 5.64. The van der Waals surface area contributed by atoms with Crippen molar-refractivity contribution in [1.29, 1.82) is 0 Å². The Hall–Kier alpha value is -0.380. The summed E-state index contributed by atoms with van der Waals surface area (Å²) >= 11 is 0. The monoisotopic (exact) mass is 209 g/mol. The summed E-state index contributed by atoms with van der Waals surface area (Å²) in [4.78, 5) is 5.21. The van der Waals surface area contributed by atoms with E-state index >= 15 is 0 Å². The largest absolute Gasteiger partial charge is 0.315 e. The van der Waals surface area contributed by atoms with Gasteiger partial charge in [0.1, 0.15) is 0 Å². The van der Waals surface area contributed by atoms with Crippen LogP contribution in [0.25, 0.3) is 0 Å². The van der Waals surface area contributed by atoms with Gasteiger partial charge in [-0.3, -0.25) is 4.90 Å². The highest BCUT2D eigenvalue weighted by molar-refractivity contribution is 4.84. The van der Waals surface area contributed by atoms with E-state index in [1.807, 2.05) is 6.08 Å². The average Bonchev–Trinajstić information content (AvgIpc) is 2.80. The third-order valence-corrected chi connectivity index (χ3v) is 3.61. The molecule has 0 spiro atoms. The van der Waals surface area contributed by atoms with Crippen molar-refractivity contribution in [3.63, 3.8) is 0 Å². The molecule has 15 heavy (non-hydrogen) atoms. The topological polar surface area (TPSA) is 18.5 Å². The van der Waals surface area contributed by atoms with Gasteiger partial charge in [0, 0.05) is 45.3 Å². The molecule has 1 N–H and O–H groups in total. The van der Waals surface area contributed by atoms with Crippen molar-refractivity contribution in [2.24, 2.45) is 0 Å². The molecule has 0 aliphatic carbocycles. The van der Waals surface area contributed by atoms with E-state index in [0.717, 1.165) is 12.5 Å². The first-order chi connectivity index (χ1) is 7.40. The molecular formula is C12H23N3. The highest BCUT2D eigenvalue weighted by atomic mass is 15.3. The fourth-order valence-corrected chi connectivity index (χ4v) is 2.58. The van der Waals surface area contributed by atoms with Crippen molar-refractivity contribution >= 4 is 0 Å². The molecule has 3 nitrogen and oxygen atoms in total. The lowest BCUT2D eigenvalue weighted by atomic mass is 10.2. The van der Waals surface area contributed by atoms with Gasteiger partial charge in [0.05, 0.1) is 0 Å². The Labute approximate surface area is 93.1 Å². The molecule has 2 saturated heterocycles. The lowest BCUT2D eigenvalue weighted by molar-refractivity contribution is 0.104. The number of piperazine rings is 1. The normalized spacial score (nSPS) is 29.5. The van der Waals surface area contributed by atoms with Crippen LogP contribution < -0.4 is 5.32 Å². The fraction of sp³-hybridized carbons (Fsp3) is 0.833. The molecule has 0 amide bonds. The quantitative estimate of drug-likeness (QED) is 0.682. The van der Waals surface area contributed by atoms with Crippen molar-refractivity contribution in [1.82, 2.24) is 15.1 Å². The van der Waals surface area contributed by atoms with Crippen molar-refractivity contribution in [2.75, 3.05) is 45.8 Å². The Morgan fingerprint density at radius 2 is 2.07 bits per heavy atom. The van der Waals surface area contributed by atoms with Gasteiger partial charge in [0.2, 0.25) is 0 Å². The van der Waals surface area contributed by atoms with Crippen molar-refractivity contribution in [3.8, 4) is 0 Å². The van der Waals surface area contributed by atoms with Gasteiger partial charge in [-0.1, -0.05) is 6.08 Å². The van der Waals surface area contributed by atoms with Gasteiger partial charge in [-0.25, -0.2) is 0 Å². The molecule has 3 heteroatoms. The van der Waals surface area contributed by atoms with Crippen LogP contribution in [-0.4, -0.2) is 61.7 Å². The van der Waals surface area contributed by atoms with Crippen LogP contribution in [0.2, 0.25) is 0 Å². The molecule has 2 aliphatic heterocycles. The average molecular weight is 209 g/mol. The lowest BCUT2D eigenvalue weighted by Gasteiger charge is -2.37. The van der Waals surface area contributed by atoms with Crippen molar-refractivity contribution < 1.29 is 0 Å². The smallest absolute Gasteiger partial charge is 0.0233 e. The van der Waals surface area contributed by atoms with Gasteiger partial charge >= 0.3 is 0 Å². The van der Waals surface area contributed by atoms with Crippen molar-refractivity contribution in [3.05, 3.63) is 12.7 Å². The lowest BCUT2D eigenvalue weighted by Crippen LogP contribution is -2.50. The third kappa shape index (κ3) is 3.03. The summed E-state index contributed by atoms with van der Waals surface area (Å²) in [6, 6.07) is 0.812. The maximum atomic E-state index is 3.78. The first-order valence-corrected chi connectivity index (χ1v) is 6.18. The first kappa shape index (κ1) is 11.1. The van der Waals surface area contributed by atoms with E-state index in [0.29, 0.717) is 0 Å². The molecule has 0 aromatic rings. The van der Waals surface area contributed by atoms with Gasteiger partial charge < -0.3 is 10.2 Å². The van der Waals surface area contributed by atoms with Crippen LogP contribution in [0, 0.1) is 0 Å². The van der Waals surface area contributed by atoms with E-state index in [-0.39, 0.29) is 0 Å². The number of hydrogen-bond acceptors (Lipinski definition) is 3. The summed E-state index contributed by atoms with van der Waals surface area (Å²) in [5.41, 5.74) is 0. The van der Waals surface area contributed by atoms with Crippen LogP contribution in [0.3, 0.4) is 0 Å². The van der Waals surface area contributed by atoms with Gasteiger partial charge in [-0.15, -0.1) is 6.58 Å². The van der Waals surface area contributed by atoms with E-state index < -0.39 is 0 Å². The minimum Gasteiger partial charge on any atom is -0.315 e. The van der Waals surface area contributed by atoms with Crippen LogP contribution in [0.5, 0.6) is 0 Å². The van der Waals surface area contributed by atoms with Crippen molar-refractivity contribution in [2.45, 2.75) is 18.9 Å². The van der Waals surface area contributed by atoms with E-state index in [1.54, 1.807) is 0 Å². The molecule has 0 aromatic carbocycles. The summed E-state index contributed by atoms with van der Waals surface area (Å²) in [6.45, 7) is 12.4. The van der Waals surface area contributed by atoms with E-state index in [9.17, 15) is 0 Å². The number of hydrogen-bond donors (Lipinski definition) is 1. The minimum absolute atomic E-state index is 0.812. The van der Waals surface area contributed by atoms with Crippen LogP contribution >= 0.6 is 0 Å². The molecule has 2 fully saturated rings. The summed E-state index contributed by atoms with van der Waals surface area (Å²) < 4.78 is 0. The first-order valence-electron chi connectivity index (χ1n) is 6.18. The van der Waals surface area contributed by atoms with Gasteiger partial charge in [-0.2, -0.15) is 0 Å². The van der Waals surface area contributed by atoms with Gasteiger partial charge in [0.15, 0.2) is 0 Å². The Bertz CT molecular complexity index is 191. The van der Waals surface area contributed by atoms with Gasteiger partial charge in [-0.05, 0) is 19.4 Å². The minimum atomic E-state index is 0.812. The Morgan fingerprint density at radius 1 is 1.27 bits per heavy atom. The molecule has 2 aliphatic rings. The Kier molecular flexibility index (Phi) is 4.18. The molecule has 2 heterocycles. The molecular weight excluding hydrogens is 186 g/mol. The molecule has 0 bridgehead atoms. The third-order valence-electron chi connectivity index (χ3n) is 3.61. The highest BCUT2D eigenvalue weighted by Crippen LogP contribution is 2.11. The predicted molar refractivity (Wildman–Crippen MR) is 64.1 cm³/mol. The van der Waals surface area contributed by atoms with Crippen LogP contribution in [-0.2, 0) is 0 Å². The van der Waals surface area contributed by atoms with E-state index in [2.05, 4.69) is 21.7 Å². The number of nitrogens with zero attached hydrogens (tertiary/aromatic N) is 2. The SMILES string of the molecule is C=CCCN1CCN(C2CCNC2)CC1. The second-order valence-electron chi connectivity index (χ2n) is 4.60. The summed E-state index contributed by atoms with van der Waals surface area (Å²) in [6.07, 6.45) is 4.49. The fourth-order valence-electron chi connectivity index (χ4n) is 2.58. The number of nitrogens with one attached hydrogen (secondary N) is 1. The molecule has 0 saturated carbocycles. The zero-order valence-corrected chi connectivity index (χ0v) is 9.62. The molecule has 0 aromatic heterocycles. The second-order valence-corrected chi connectivity index (χ2v) is 4.60. The van der Waals surface area contributed by atoms with Crippen LogP contribution in [0.1, 0.15) is 12.8 Å². The Balaban J connectivity index is 1.69. The standard InChI is InChI=1S/C12H23N3/c1-2-3-6-14-7-9-15(10-8-14)12-4-5-13-11-12/h2,12-13H,1,3-11H2. The zero-order valence-electron chi connectivity index (χ0n) is 9.62. The van der Waals surface area contributed by atoms with Crippen LogP contribution in [0.4, 0.5) is 0 Å². The maximum absolute atomic E-state index is 3.78.